The molecular formula is C14H16N4O. The average molecular weight is 256 g/mol. The van der Waals surface area contributed by atoms with Crippen LogP contribution in [0.25, 0.3) is 11.0 Å². The minimum absolute atomic E-state index is 0.0815. The molecule has 0 aliphatic carbocycles. The molecule has 1 saturated heterocycles. The first-order chi connectivity index (χ1) is 9.24. The summed E-state index contributed by atoms with van der Waals surface area (Å²) in [5.74, 6) is 0.519. The second kappa shape index (κ2) is 4.84. The second-order valence-corrected chi connectivity index (χ2v) is 4.90. The molecule has 1 aromatic carbocycles. The van der Waals surface area contributed by atoms with Crippen LogP contribution in [0, 0.1) is 5.92 Å². The van der Waals surface area contributed by atoms with Gasteiger partial charge in [-0.2, -0.15) is 0 Å². The van der Waals surface area contributed by atoms with Gasteiger partial charge >= 0.3 is 0 Å². The fraction of sp³-hybridized carbons (Fsp3) is 0.357. The summed E-state index contributed by atoms with van der Waals surface area (Å²) in [6.07, 6.45) is 3.60. The van der Waals surface area contributed by atoms with Crippen molar-refractivity contribution in [1.29, 1.82) is 0 Å². The average Bonchev–Trinajstić information content (AvgIpc) is 2.47. The molecule has 1 aliphatic rings. The van der Waals surface area contributed by atoms with E-state index in [-0.39, 0.29) is 11.8 Å². The molecule has 0 unspecified atom stereocenters. The van der Waals surface area contributed by atoms with Crippen molar-refractivity contribution in [2.24, 2.45) is 11.7 Å². The van der Waals surface area contributed by atoms with Crippen molar-refractivity contribution in [2.45, 2.75) is 12.8 Å². The summed E-state index contributed by atoms with van der Waals surface area (Å²) in [4.78, 5) is 22.4. The van der Waals surface area contributed by atoms with Crippen LogP contribution >= 0.6 is 0 Å². The van der Waals surface area contributed by atoms with Crippen molar-refractivity contribution in [3.05, 3.63) is 30.5 Å². The van der Waals surface area contributed by atoms with Crippen molar-refractivity contribution in [3.8, 4) is 0 Å². The summed E-state index contributed by atoms with van der Waals surface area (Å²) < 4.78 is 0. The van der Waals surface area contributed by atoms with Gasteiger partial charge in [-0.25, -0.2) is 4.98 Å². The van der Waals surface area contributed by atoms with Crippen molar-refractivity contribution in [1.82, 2.24) is 9.97 Å². The number of anilines is 1. The highest BCUT2D eigenvalue weighted by Gasteiger charge is 2.24. The Morgan fingerprint density at radius 1 is 1.32 bits per heavy atom. The maximum absolute atomic E-state index is 11.3. The molecule has 0 saturated carbocycles. The molecule has 1 aliphatic heterocycles. The maximum Gasteiger partial charge on any atom is 0.222 e. The van der Waals surface area contributed by atoms with E-state index in [9.17, 15) is 4.79 Å². The van der Waals surface area contributed by atoms with E-state index in [1.807, 2.05) is 24.3 Å². The number of carbonyl (C=O) groups excluding carboxylic acids is 1. The van der Waals surface area contributed by atoms with Crippen LogP contribution < -0.4 is 10.6 Å². The summed E-state index contributed by atoms with van der Waals surface area (Å²) in [6, 6.07) is 7.78. The molecule has 1 aromatic heterocycles. The predicted octanol–water partition coefficient (Wildman–Crippen LogP) is 1.33. The summed E-state index contributed by atoms with van der Waals surface area (Å²) in [5.41, 5.74) is 7.16. The number of rotatable bonds is 2. The van der Waals surface area contributed by atoms with Gasteiger partial charge in [0.05, 0.1) is 23.1 Å². The lowest BCUT2D eigenvalue weighted by atomic mass is 9.97. The predicted molar refractivity (Wildman–Crippen MR) is 73.7 cm³/mol. The topological polar surface area (TPSA) is 72.1 Å². The highest BCUT2D eigenvalue weighted by atomic mass is 16.1. The highest BCUT2D eigenvalue weighted by Crippen LogP contribution is 2.22. The fourth-order valence-electron chi connectivity index (χ4n) is 2.52. The summed E-state index contributed by atoms with van der Waals surface area (Å²) >= 11 is 0. The zero-order valence-electron chi connectivity index (χ0n) is 10.6. The van der Waals surface area contributed by atoms with Gasteiger partial charge in [-0.3, -0.25) is 9.78 Å². The summed E-state index contributed by atoms with van der Waals surface area (Å²) in [7, 11) is 0. The first-order valence-electron chi connectivity index (χ1n) is 6.50. The number of aromatic nitrogens is 2. The smallest absolute Gasteiger partial charge is 0.222 e. The number of amides is 1. The molecule has 1 fully saturated rings. The first-order valence-corrected chi connectivity index (χ1v) is 6.50. The third-order valence-corrected chi connectivity index (χ3v) is 3.58. The zero-order valence-corrected chi connectivity index (χ0v) is 10.6. The number of piperidine rings is 1. The molecule has 0 spiro atoms. The number of nitrogens with zero attached hydrogens (tertiary/aromatic N) is 3. The van der Waals surface area contributed by atoms with E-state index in [1.54, 1.807) is 6.20 Å². The SMILES string of the molecule is NC(=O)[C@@H]1CCCN(c2cnc3ccccc3n2)C1. The Labute approximate surface area is 111 Å². The van der Waals surface area contributed by atoms with Crippen molar-refractivity contribution in [3.63, 3.8) is 0 Å². The maximum atomic E-state index is 11.3. The second-order valence-electron chi connectivity index (χ2n) is 4.90. The van der Waals surface area contributed by atoms with Gasteiger partial charge in [0.25, 0.3) is 0 Å². The monoisotopic (exact) mass is 256 g/mol. The lowest BCUT2D eigenvalue weighted by Gasteiger charge is -2.31. The van der Waals surface area contributed by atoms with Crippen molar-refractivity contribution < 1.29 is 4.79 Å². The Hall–Kier alpha value is -2.17. The van der Waals surface area contributed by atoms with Crippen LogP contribution in [-0.2, 0) is 4.79 Å². The van der Waals surface area contributed by atoms with E-state index in [1.165, 1.54) is 0 Å². The van der Waals surface area contributed by atoms with Gasteiger partial charge in [0.15, 0.2) is 0 Å². The molecule has 2 N–H and O–H groups in total. The number of primary amides is 1. The molecule has 1 amide bonds. The molecule has 5 nitrogen and oxygen atoms in total. The Balaban J connectivity index is 1.89. The van der Waals surface area contributed by atoms with E-state index in [0.717, 1.165) is 36.2 Å². The molecule has 1 atom stereocenters. The summed E-state index contributed by atoms with van der Waals surface area (Å²) in [6.45, 7) is 1.54. The lowest BCUT2D eigenvalue weighted by Crippen LogP contribution is -2.41. The van der Waals surface area contributed by atoms with Crippen LogP contribution in [0.15, 0.2) is 30.5 Å². The Morgan fingerprint density at radius 3 is 2.89 bits per heavy atom. The lowest BCUT2D eigenvalue weighted by molar-refractivity contribution is -0.122. The van der Waals surface area contributed by atoms with E-state index < -0.39 is 0 Å². The molecule has 5 heteroatoms. The van der Waals surface area contributed by atoms with Crippen LogP contribution in [0.1, 0.15) is 12.8 Å². The first kappa shape index (κ1) is 11.9. The van der Waals surface area contributed by atoms with Crippen LogP contribution in [0.5, 0.6) is 0 Å². The van der Waals surface area contributed by atoms with Crippen LogP contribution in [0.4, 0.5) is 5.82 Å². The van der Waals surface area contributed by atoms with Crippen LogP contribution in [0.3, 0.4) is 0 Å². The van der Waals surface area contributed by atoms with Crippen LogP contribution in [0.2, 0.25) is 0 Å². The third-order valence-electron chi connectivity index (χ3n) is 3.58. The summed E-state index contributed by atoms with van der Waals surface area (Å²) in [5, 5.41) is 0. The van der Waals surface area contributed by atoms with Gasteiger partial charge < -0.3 is 10.6 Å². The standard InChI is InChI=1S/C14H16N4O/c15-14(19)10-4-3-7-18(9-10)13-8-16-11-5-1-2-6-12(11)17-13/h1-2,5-6,8,10H,3-4,7,9H2,(H2,15,19)/t10-/m1/s1. The molecule has 2 aromatic rings. The zero-order chi connectivity index (χ0) is 13.2. The van der Waals surface area contributed by atoms with Crippen molar-refractivity contribution >= 4 is 22.8 Å². The normalized spacial score (nSPS) is 19.6. The van der Waals surface area contributed by atoms with Gasteiger partial charge in [0, 0.05) is 13.1 Å². The van der Waals surface area contributed by atoms with Crippen LogP contribution in [-0.4, -0.2) is 29.0 Å². The minimum Gasteiger partial charge on any atom is -0.369 e. The van der Waals surface area contributed by atoms with Gasteiger partial charge in [-0.1, -0.05) is 12.1 Å². The largest absolute Gasteiger partial charge is 0.369 e. The molecule has 3 rings (SSSR count). The Bertz CT molecular complexity index is 613. The highest BCUT2D eigenvalue weighted by molar-refractivity contribution is 5.78. The number of hydrogen-bond acceptors (Lipinski definition) is 4. The van der Waals surface area contributed by atoms with E-state index in [0.29, 0.717) is 6.54 Å². The third kappa shape index (κ3) is 2.36. The molecule has 0 bridgehead atoms. The number of carbonyl (C=O) groups is 1. The minimum atomic E-state index is -0.224. The number of nitrogens with two attached hydrogens (primary N) is 1. The quantitative estimate of drug-likeness (QED) is 0.880. The van der Waals surface area contributed by atoms with Gasteiger partial charge in [-0.15, -0.1) is 0 Å². The van der Waals surface area contributed by atoms with E-state index >= 15 is 0 Å². The Kier molecular flexibility index (Phi) is 3.03. The molecule has 0 radical (unpaired) electrons. The van der Waals surface area contributed by atoms with E-state index in [2.05, 4.69) is 14.9 Å². The molecule has 19 heavy (non-hydrogen) atoms. The van der Waals surface area contributed by atoms with Gasteiger partial charge in [0.2, 0.25) is 5.91 Å². The number of benzene rings is 1. The molecule has 98 valence electrons. The Morgan fingerprint density at radius 2 is 2.11 bits per heavy atom. The fourth-order valence-corrected chi connectivity index (χ4v) is 2.52. The molecule has 2 heterocycles. The van der Waals surface area contributed by atoms with Crippen molar-refractivity contribution in [2.75, 3.05) is 18.0 Å². The van der Waals surface area contributed by atoms with Gasteiger partial charge in [-0.05, 0) is 25.0 Å². The number of para-hydroxylation sites is 2. The number of hydrogen-bond donors (Lipinski definition) is 1. The van der Waals surface area contributed by atoms with E-state index in [4.69, 9.17) is 5.73 Å². The molecular weight excluding hydrogens is 240 g/mol. The number of fused-ring (bicyclic) bond motifs is 1. The van der Waals surface area contributed by atoms with Gasteiger partial charge in [0.1, 0.15) is 5.82 Å².